The SMILES string of the molecule is CC(O)C(N)c1ncc2[nH]cnc2n1. The van der Waals surface area contributed by atoms with E-state index >= 15 is 0 Å². The maximum atomic E-state index is 9.26. The Bertz CT molecular complexity index is 438. The molecule has 0 spiro atoms. The number of aromatic amines is 1. The standard InChI is InChI=1S/C8H11N5O/c1-4(14)6(9)8-10-2-5-7(13-8)12-3-11-5/h2-4,6,14H,9H2,1H3,(H,10,11,12,13). The van der Waals surface area contributed by atoms with Gasteiger partial charge >= 0.3 is 0 Å². The minimum Gasteiger partial charge on any atom is -0.391 e. The fourth-order valence-corrected chi connectivity index (χ4v) is 1.13. The molecule has 2 unspecified atom stereocenters. The van der Waals surface area contributed by atoms with Gasteiger partial charge in [-0.25, -0.2) is 15.0 Å². The fourth-order valence-electron chi connectivity index (χ4n) is 1.13. The minimum atomic E-state index is -0.675. The molecule has 74 valence electrons. The van der Waals surface area contributed by atoms with E-state index in [1.54, 1.807) is 13.1 Å². The van der Waals surface area contributed by atoms with Gasteiger partial charge in [0.25, 0.3) is 0 Å². The average molecular weight is 193 g/mol. The molecule has 2 heterocycles. The summed E-state index contributed by atoms with van der Waals surface area (Å²) in [6.07, 6.45) is 2.47. The highest BCUT2D eigenvalue weighted by molar-refractivity contribution is 5.68. The van der Waals surface area contributed by atoms with Gasteiger partial charge in [-0.3, -0.25) is 0 Å². The topological polar surface area (TPSA) is 101 Å². The number of hydrogen-bond acceptors (Lipinski definition) is 5. The summed E-state index contributed by atoms with van der Waals surface area (Å²) < 4.78 is 0. The van der Waals surface area contributed by atoms with Crippen LogP contribution in [0.25, 0.3) is 11.2 Å². The predicted molar refractivity (Wildman–Crippen MR) is 50.3 cm³/mol. The number of rotatable bonds is 2. The normalized spacial score (nSPS) is 15.6. The Balaban J connectivity index is 2.43. The summed E-state index contributed by atoms with van der Waals surface area (Å²) in [4.78, 5) is 15.0. The maximum Gasteiger partial charge on any atom is 0.180 e. The lowest BCUT2D eigenvalue weighted by Gasteiger charge is -2.11. The van der Waals surface area contributed by atoms with Crippen LogP contribution in [0.3, 0.4) is 0 Å². The molecule has 0 saturated carbocycles. The van der Waals surface area contributed by atoms with Gasteiger partial charge in [0.1, 0.15) is 11.3 Å². The highest BCUT2D eigenvalue weighted by atomic mass is 16.3. The van der Waals surface area contributed by atoms with Crippen molar-refractivity contribution in [3.8, 4) is 0 Å². The predicted octanol–water partition coefficient (Wildman–Crippen LogP) is -0.267. The molecule has 2 aromatic rings. The highest BCUT2D eigenvalue weighted by Crippen LogP contribution is 2.11. The summed E-state index contributed by atoms with van der Waals surface area (Å²) in [5.74, 6) is 0.402. The van der Waals surface area contributed by atoms with Gasteiger partial charge < -0.3 is 15.8 Å². The third-order valence-electron chi connectivity index (χ3n) is 2.01. The van der Waals surface area contributed by atoms with Gasteiger partial charge in [0.05, 0.1) is 24.7 Å². The zero-order valence-corrected chi connectivity index (χ0v) is 7.68. The number of aromatic nitrogens is 4. The Labute approximate surface area is 80.2 Å². The number of H-pyrrole nitrogens is 1. The second-order valence-electron chi connectivity index (χ2n) is 3.13. The van der Waals surface area contributed by atoms with E-state index in [0.29, 0.717) is 11.5 Å². The van der Waals surface area contributed by atoms with Crippen molar-refractivity contribution in [2.75, 3.05) is 0 Å². The van der Waals surface area contributed by atoms with Gasteiger partial charge in [0.15, 0.2) is 5.65 Å². The molecule has 2 aromatic heterocycles. The van der Waals surface area contributed by atoms with E-state index in [4.69, 9.17) is 5.73 Å². The third-order valence-corrected chi connectivity index (χ3v) is 2.01. The van der Waals surface area contributed by atoms with Crippen LogP contribution < -0.4 is 5.73 Å². The van der Waals surface area contributed by atoms with Crippen molar-refractivity contribution in [1.29, 1.82) is 0 Å². The van der Waals surface area contributed by atoms with Crippen LogP contribution in [0, 0.1) is 0 Å². The van der Waals surface area contributed by atoms with E-state index in [0.717, 1.165) is 5.52 Å². The molecule has 6 heteroatoms. The zero-order chi connectivity index (χ0) is 10.1. The fraction of sp³-hybridized carbons (Fsp3) is 0.375. The summed E-state index contributed by atoms with van der Waals surface area (Å²) >= 11 is 0. The van der Waals surface area contributed by atoms with Crippen LogP contribution >= 0.6 is 0 Å². The van der Waals surface area contributed by atoms with Crippen molar-refractivity contribution in [2.45, 2.75) is 19.1 Å². The molecule has 0 radical (unpaired) electrons. The molecule has 2 atom stereocenters. The number of fused-ring (bicyclic) bond motifs is 1. The first-order valence-electron chi connectivity index (χ1n) is 4.28. The van der Waals surface area contributed by atoms with Crippen LogP contribution in [0.1, 0.15) is 18.8 Å². The first-order valence-corrected chi connectivity index (χ1v) is 4.28. The quantitative estimate of drug-likeness (QED) is 0.609. The van der Waals surface area contributed by atoms with Crippen molar-refractivity contribution in [2.24, 2.45) is 5.73 Å². The van der Waals surface area contributed by atoms with Crippen molar-refractivity contribution in [3.05, 3.63) is 18.3 Å². The number of aliphatic hydroxyl groups excluding tert-OH is 1. The van der Waals surface area contributed by atoms with E-state index in [9.17, 15) is 5.11 Å². The van der Waals surface area contributed by atoms with Crippen molar-refractivity contribution in [3.63, 3.8) is 0 Å². The van der Waals surface area contributed by atoms with E-state index in [1.807, 2.05) is 0 Å². The summed E-state index contributed by atoms with van der Waals surface area (Å²) in [5.41, 5.74) is 7.00. The van der Waals surface area contributed by atoms with Gasteiger partial charge in [-0.15, -0.1) is 0 Å². The van der Waals surface area contributed by atoms with E-state index in [2.05, 4.69) is 19.9 Å². The average Bonchev–Trinajstić information content (AvgIpc) is 2.62. The van der Waals surface area contributed by atoms with Crippen LogP contribution in [0.5, 0.6) is 0 Å². The van der Waals surface area contributed by atoms with Crippen LogP contribution in [-0.2, 0) is 0 Å². The number of nitrogens with one attached hydrogen (secondary N) is 1. The van der Waals surface area contributed by atoms with Gasteiger partial charge in [0.2, 0.25) is 0 Å². The lowest BCUT2D eigenvalue weighted by atomic mass is 10.2. The molecule has 14 heavy (non-hydrogen) atoms. The molecule has 0 amide bonds. The van der Waals surface area contributed by atoms with Crippen LogP contribution in [0.15, 0.2) is 12.5 Å². The molecule has 0 fully saturated rings. The van der Waals surface area contributed by atoms with Crippen LogP contribution in [-0.4, -0.2) is 31.1 Å². The molecule has 0 saturated heterocycles. The minimum absolute atomic E-state index is 0.402. The molecule has 4 N–H and O–H groups in total. The number of nitrogens with two attached hydrogens (primary N) is 1. The van der Waals surface area contributed by atoms with Gasteiger partial charge in [0, 0.05) is 0 Å². The second-order valence-corrected chi connectivity index (χ2v) is 3.13. The van der Waals surface area contributed by atoms with E-state index < -0.39 is 12.1 Å². The van der Waals surface area contributed by atoms with Gasteiger partial charge in [-0.2, -0.15) is 0 Å². The van der Waals surface area contributed by atoms with Crippen LogP contribution in [0.2, 0.25) is 0 Å². The van der Waals surface area contributed by atoms with Gasteiger partial charge in [-0.05, 0) is 6.92 Å². The van der Waals surface area contributed by atoms with E-state index in [1.165, 1.54) is 6.33 Å². The molecule has 0 aliphatic carbocycles. The van der Waals surface area contributed by atoms with Crippen molar-refractivity contribution < 1.29 is 5.11 Å². The maximum absolute atomic E-state index is 9.26. The zero-order valence-electron chi connectivity index (χ0n) is 7.68. The Morgan fingerprint density at radius 1 is 1.50 bits per heavy atom. The molecule has 2 rings (SSSR count). The number of hydrogen-bond donors (Lipinski definition) is 3. The number of nitrogens with zero attached hydrogens (tertiary/aromatic N) is 3. The molecular weight excluding hydrogens is 182 g/mol. The molecule has 0 aromatic carbocycles. The summed E-state index contributed by atoms with van der Waals surface area (Å²) in [6, 6.07) is -0.573. The summed E-state index contributed by atoms with van der Waals surface area (Å²) in [6.45, 7) is 1.60. The van der Waals surface area contributed by atoms with Gasteiger partial charge in [-0.1, -0.05) is 0 Å². The molecule has 0 aliphatic heterocycles. The second kappa shape index (κ2) is 3.32. The lowest BCUT2D eigenvalue weighted by Crippen LogP contribution is -2.25. The first kappa shape index (κ1) is 9.04. The lowest BCUT2D eigenvalue weighted by molar-refractivity contribution is 0.160. The molecule has 0 bridgehead atoms. The Kier molecular flexibility index (Phi) is 2.14. The van der Waals surface area contributed by atoms with E-state index in [-0.39, 0.29) is 0 Å². The monoisotopic (exact) mass is 193 g/mol. The molecular formula is C8H11N5O. The molecule has 6 nitrogen and oxygen atoms in total. The largest absolute Gasteiger partial charge is 0.391 e. The van der Waals surface area contributed by atoms with Crippen molar-refractivity contribution >= 4 is 11.2 Å². The Morgan fingerprint density at radius 3 is 3.00 bits per heavy atom. The smallest absolute Gasteiger partial charge is 0.180 e. The third kappa shape index (κ3) is 1.45. The first-order chi connectivity index (χ1) is 6.68. The van der Waals surface area contributed by atoms with Crippen molar-refractivity contribution in [1.82, 2.24) is 19.9 Å². The Morgan fingerprint density at radius 2 is 2.29 bits per heavy atom. The highest BCUT2D eigenvalue weighted by Gasteiger charge is 2.15. The number of imidazole rings is 1. The number of aliphatic hydroxyl groups is 1. The summed E-state index contributed by atoms with van der Waals surface area (Å²) in [5, 5.41) is 9.26. The van der Waals surface area contributed by atoms with Crippen LogP contribution in [0.4, 0.5) is 0 Å². The summed E-state index contributed by atoms with van der Waals surface area (Å²) in [7, 11) is 0. The Hall–Kier alpha value is -1.53. The molecule has 0 aliphatic rings.